The monoisotopic (exact) mass is 543 g/mol. The molecule has 0 spiro atoms. The summed E-state index contributed by atoms with van der Waals surface area (Å²) in [6.07, 6.45) is 6.91. The maximum absolute atomic E-state index is 12.6. The molecule has 0 unspecified atom stereocenters. The van der Waals surface area contributed by atoms with Crippen molar-refractivity contribution >= 4 is 28.2 Å². The number of rotatable bonds is 7. The van der Waals surface area contributed by atoms with E-state index < -0.39 is 10.8 Å². The summed E-state index contributed by atoms with van der Waals surface area (Å²) in [7, 11) is 0. The molecule has 1 saturated heterocycles. The molecule has 3 aromatic rings. The van der Waals surface area contributed by atoms with Crippen LogP contribution in [0, 0.1) is 16.0 Å². The molecule has 1 aromatic heterocycles. The molecule has 0 radical (unpaired) electrons. The van der Waals surface area contributed by atoms with E-state index in [1.807, 2.05) is 30.3 Å². The highest BCUT2D eigenvalue weighted by atomic mass is 16.6. The lowest BCUT2D eigenvalue weighted by atomic mass is 9.89. The number of nitro benzene ring substituents is 1. The lowest BCUT2D eigenvalue weighted by molar-refractivity contribution is -0.384. The third-order valence-electron chi connectivity index (χ3n) is 8.85. The van der Waals surface area contributed by atoms with Crippen molar-refractivity contribution in [2.75, 3.05) is 32.7 Å². The second-order valence-corrected chi connectivity index (χ2v) is 11.6. The molecule has 1 aliphatic heterocycles. The van der Waals surface area contributed by atoms with Crippen LogP contribution in [0.2, 0.25) is 0 Å². The van der Waals surface area contributed by atoms with Gasteiger partial charge in [0.2, 0.25) is 11.8 Å². The summed E-state index contributed by atoms with van der Waals surface area (Å²) in [5.74, 6) is 0.292. The van der Waals surface area contributed by atoms with Gasteiger partial charge >= 0.3 is 0 Å². The van der Waals surface area contributed by atoms with E-state index in [1.165, 1.54) is 51.5 Å². The van der Waals surface area contributed by atoms with Crippen LogP contribution in [-0.2, 0) is 0 Å². The van der Waals surface area contributed by atoms with Crippen LogP contribution in [0.25, 0.3) is 10.9 Å². The molecule has 9 nitrogen and oxygen atoms in total. The number of fused-ring (bicyclic) bond motifs is 1. The number of carbonyl (C=O) groups excluding carboxylic acids is 1. The first-order valence-corrected chi connectivity index (χ1v) is 14.5. The third kappa shape index (κ3) is 5.40. The molecule has 1 N–H and O–H groups in total. The summed E-state index contributed by atoms with van der Waals surface area (Å²) in [5, 5.41) is 23.4. The fourth-order valence-corrected chi connectivity index (χ4v) is 6.52. The minimum absolute atomic E-state index is 0.0933. The van der Waals surface area contributed by atoms with Crippen molar-refractivity contribution < 1.29 is 14.8 Å². The van der Waals surface area contributed by atoms with Crippen LogP contribution in [0.1, 0.15) is 61.4 Å². The van der Waals surface area contributed by atoms with Crippen LogP contribution in [0.4, 0.5) is 5.69 Å². The lowest BCUT2D eigenvalue weighted by Crippen LogP contribution is -2.51. The normalized spacial score (nSPS) is 23.0. The zero-order valence-electron chi connectivity index (χ0n) is 23.0. The van der Waals surface area contributed by atoms with E-state index in [2.05, 4.69) is 9.80 Å². The van der Waals surface area contributed by atoms with Crippen molar-refractivity contribution in [2.24, 2.45) is 10.9 Å². The van der Waals surface area contributed by atoms with Gasteiger partial charge in [0.1, 0.15) is 0 Å². The maximum Gasteiger partial charge on any atom is 0.271 e. The molecular weight excluding hydrogens is 506 g/mol. The average Bonchev–Trinajstić information content (AvgIpc) is 3.73. The van der Waals surface area contributed by atoms with E-state index in [9.17, 15) is 20.0 Å². The number of aromatic hydroxyl groups is 1. The quantitative estimate of drug-likeness (QED) is 0.253. The lowest BCUT2D eigenvalue weighted by Gasteiger charge is -2.41. The van der Waals surface area contributed by atoms with Crippen molar-refractivity contribution in [1.82, 2.24) is 14.4 Å². The van der Waals surface area contributed by atoms with Gasteiger partial charge in [-0.25, -0.2) is 4.57 Å². The highest BCUT2D eigenvalue weighted by Gasteiger charge is 2.32. The Kier molecular flexibility index (Phi) is 7.42. The molecule has 3 fully saturated rings. The van der Waals surface area contributed by atoms with Crippen LogP contribution in [0.15, 0.2) is 53.5 Å². The Bertz CT molecular complexity index is 1430. The Labute approximate surface area is 234 Å². The van der Waals surface area contributed by atoms with E-state index in [-0.39, 0.29) is 17.6 Å². The number of hydrogen-bond donors (Lipinski definition) is 1. The van der Waals surface area contributed by atoms with Gasteiger partial charge in [0.15, 0.2) is 0 Å². The minimum Gasteiger partial charge on any atom is -0.494 e. The zero-order chi connectivity index (χ0) is 27.8. The molecule has 2 saturated carbocycles. The van der Waals surface area contributed by atoms with Gasteiger partial charge in [-0.15, -0.1) is 0 Å². The number of nitro groups is 1. The molecule has 2 aromatic carbocycles. The Balaban J connectivity index is 1.27. The Hall–Kier alpha value is -3.56. The second-order valence-electron chi connectivity index (χ2n) is 11.6. The fourth-order valence-electron chi connectivity index (χ4n) is 6.52. The predicted molar refractivity (Wildman–Crippen MR) is 155 cm³/mol. The maximum atomic E-state index is 12.6. The molecule has 2 aliphatic carbocycles. The molecular formula is C31H37N5O4. The van der Waals surface area contributed by atoms with Crippen molar-refractivity contribution in [2.45, 2.75) is 57.5 Å². The molecule has 40 heavy (non-hydrogen) atoms. The zero-order valence-corrected chi connectivity index (χ0v) is 23.0. The molecule has 0 amide bonds. The number of aliphatic imine (C=N–C) groups is 1. The van der Waals surface area contributed by atoms with Gasteiger partial charge < -0.3 is 10.0 Å². The molecule has 0 atom stereocenters. The predicted octanol–water partition coefficient (Wildman–Crippen LogP) is 5.09. The van der Waals surface area contributed by atoms with Gasteiger partial charge in [-0.05, 0) is 50.5 Å². The van der Waals surface area contributed by atoms with Gasteiger partial charge in [-0.1, -0.05) is 30.3 Å². The first kappa shape index (κ1) is 26.7. The Morgan fingerprint density at radius 3 is 2.33 bits per heavy atom. The van der Waals surface area contributed by atoms with Crippen molar-refractivity contribution in [1.29, 1.82) is 0 Å². The van der Waals surface area contributed by atoms with Crippen LogP contribution in [-0.4, -0.2) is 80.8 Å². The van der Waals surface area contributed by atoms with E-state index in [1.54, 1.807) is 6.07 Å². The number of benzene rings is 2. The summed E-state index contributed by atoms with van der Waals surface area (Å²) >= 11 is 0. The van der Waals surface area contributed by atoms with Crippen molar-refractivity contribution in [3.05, 3.63) is 69.8 Å². The number of non-ortho nitro benzene ring substituents is 1. The SMILES string of the molecule is CC(=O)n1c(O)c(C(=NC2CCC(N3CCN(CC4CC4)CC3)CC2)c2ccccc2)c2ccc([N+](=O)[O-])cc21. The first-order chi connectivity index (χ1) is 19.4. The highest BCUT2D eigenvalue weighted by molar-refractivity contribution is 6.22. The number of aromatic nitrogens is 1. The highest BCUT2D eigenvalue weighted by Crippen LogP contribution is 2.37. The first-order valence-electron chi connectivity index (χ1n) is 14.5. The summed E-state index contributed by atoms with van der Waals surface area (Å²) in [6, 6.07) is 14.7. The summed E-state index contributed by atoms with van der Waals surface area (Å²) < 4.78 is 1.15. The van der Waals surface area contributed by atoms with Crippen LogP contribution in [0.3, 0.4) is 0 Å². The fraction of sp³-hybridized carbons (Fsp3) is 0.484. The molecule has 3 aliphatic rings. The smallest absolute Gasteiger partial charge is 0.271 e. The topological polar surface area (TPSA) is 104 Å². The van der Waals surface area contributed by atoms with Crippen LogP contribution < -0.4 is 0 Å². The Morgan fingerprint density at radius 2 is 1.70 bits per heavy atom. The van der Waals surface area contributed by atoms with E-state index >= 15 is 0 Å². The molecule has 9 heteroatoms. The minimum atomic E-state index is -0.495. The molecule has 0 bridgehead atoms. The summed E-state index contributed by atoms with van der Waals surface area (Å²) in [4.78, 5) is 34.1. The summed E-state index contributed by atoms with van der Waals surface area (Å²) in [5.41, 5.74) is 2.08. The van der Waals surface area contributed by atoms with Crippen LogP contribution in [0.5, 0.6) is 5.88 Å². The largest absolute Gasteiger partial charge is 0.494 e. The van der Waals surface area contributed by atoms with Gasteiger partial charge in [0, 0.05) is 68.8 Å². The standard InChI is InChI=1S/C31H37N5O4/c1-21(37)35-28-19-26(36(39)40)13-14-27(28)29(31(35)38)30(23-5-3-2-4-6-23)32-24-9-11-25(12-10-24)34-17-15-33(16-18-34)20-22-7-8-22/h2-6,13-14,19,22,24-25,38H,7-12,15-18,20H2,1H3. The van der Waals surface area contributed by atoms with Gasteiger partial charge in [-0.2, -0.15) is 0 Å². The molecule has 6 rings (SSSR count). The molecule has 210 valence electrons. The van der Waals surface area contributed by atoms with Gasteiger partial charge in [0.25, 0.3) is 5.69 Å². The van der Waals surface area contributed by atoms with Gasteiger partial charge in [0.05, 0.1) is 27.8 Å². The molecule has 2 heterocycles. The van der Waals surface area contributed by atoms with E-state index in [0.29, 0.717) is 28.2 Å². The third-order valence-corrected chi connectivity index (χ3v) is 8.85. The number of piperazine rings is 1. The van der Waals surface area contributed by atoms with E-state index in [0.717, 1.165) is 54.8 Å². The van der Waals surface area contributed by atoms with Crippen LogP contribution >= 0.6 is 0 Å². The number of nitrogens with zero attached hydrogens (tertiary/aromatic N) is 5. The van der Waals surface area contributed by atoms with Crippen molar-refractivity contribution in [3.8, 4) is 5.88 Å². The average molecular weight is 544 g/mol. The van der Waals surface area contributed by atoms with E-state index in [4.69, 9.17) is 4.99 Å². The summed E-state index contributed by atoms with van der Waals surface area (Å²) in [6.45, 7) is 7.25. The number of carbonyl (C=O) groups is 1. The van der Waals surface area contributed by atoms with Crippen molar-refractivity contribution in [3.63, 3.8) is 0 Å². The Morgan fingerprint density at radius 1 is 1.00 bits per heavy atom. The number of hydrogen-bond acceptors (Lipinski definition) is 7. The second kappa shape index (κ2) is 11.1. The van der Waals surface area contributed by atoms with Gasteiger partial charge in [-0.3, -0.25) is 24.8 Å².